The maximum absolute atomic E-state index is 11.8. The van der Waals surface area contributed by atoms with Crippen LogP contribution in [0.5, 0.6) is 0 Å². The van der Waals surface area contributed by atoms with E-state index in [1.165, 1.54) is 22.9 Å². The van der Waals surface area contributed by atoms with Gasteiger partial charge in [0.2, 0.25) is 10.0 Å². The van der Waals surface area contributed by atoms with E-state index in [1.54, 1.807) is 6.92 Å². The minimum atomic E-state index is -3.43. The number of hydrogen-bond donors (Lipinski definition) is 1. The van der Waals surface area contributed by atoms with Crippen molar-refractivity contribution >= 4 is 27.3 Å². The van der Waals surface area contributed by atoms with Gasteiger partial charge in [0.1, 0.15) is 0 Å². The summed E-state index contributed by atoms with van der Waals surface area (Å²) in [5.74, 6) is 0.123. The number of rotatable bonds is 6. The summed E-state index contributed by atoms with van der Waals surface area (Å²) in [6.07, 6.45) is 1.49. The Kier molecular flexibility index (Phi) is 5.22. The monoisotopic (exact) mass is 292 g/mol. The van der Waals surface area contributed by atoms with Gasteiger partial charge >= 0.3 is 0 Å². The second-order valence-electron chi connectivity index (χ2n) is 4.18. The number of alkyl halides is 1. The molecule has 7 heteroatoms. The van der Waals surface area contributed by atoms with E-state index in [1.807, 2.05) is 6.92 Å². The number of halogens is 1. The van der Waals surface area contributed by atoms with Crippen LogP contribution in [-0.4, -0.2) is 24.6 Å². The Morgan fingerprint density at radius 2 is 2.11 bits per heavy atom. The van der Waals surface area contributed by atoms with Crippen molar-refractivity contribution in [2.75, 3.05) is 16.4 Å². The normalized spacial score (nSPS) is 13.3. The lowest BCUT2D eigenvalue weighted by Crippen LogP contribution is -2.24. The standard InChI is InChI=1S/C11H17ClN2O3S/c1-3-14-7-10(4-5-11(14)15)13-18(16,17)8-9(2)6-12/h4-5,7,9,13H,3,6,8H2,1-2H3. The van der Waals surface area contributed by atoms with E-state index in [-0.39, 0.29) is 23.1 Å². The van der Waals surface area contributed by atoms with Crippen LogP contribution in [0.4, 0.5) is 5.69 Å². The van der Waals surface area contributed by atoms with Gasteiger partial charge in [0, 0.05) is 24.7 Å². The maximum atomic E-state index is 11.8. The zero-order chi connectivity index (χ0) is 13.8. The first-order chi connectivity index (χ1) is 8.38. The SMILES string of the molecule is CCn1cc(NS(=O)(=O)CC(C)CCl)ccc1=O. The summed E-state index contributed by atoms with van der Waals surface area (Å²) in [6.45, 7) is 4.07. The lowest BCUT2D eigenvalue weighted by molar-refractivity contribution is 0.588. The molecule has 1 atom stereocenters. The van der Waals surface area contributed by atoms with E-state index in [9.17, 15) is 13.2 Å². The van der Waals surface area contributed by atoms with Crippen molar-refractivity contribution in [1.29, 1.82) is 0 Å². The van der Waals surface area contributed by atoms with Gasteiger partial charge in [0.25, 0.3) is 5.56 Å². The average molecular weight is 293 g/mol. The summed E-state index contributed by atoms with van der Waals surface area (Å²) in [5, 5.41) is 0. The van der Waals surface area contributed by atoms with Crippen LogP contribution in [0.1, 0.15) is 13.8 Å². The van der Waals surface area contributed by atoms with Gasteiger partial charge in [-0.25, -0.2) is 8.42 Å². The van der Waals surface area contributed by atoms with Crippen LogP contribution in [0.2, 0.25) is 0 Å². The van der Waals surface area contributed by atoms with Gasteiger partial charge in [-0.1, -0.05) is 6.92 Å². The maximum Gasteiger partial charge on any atom is 0.250 e. The van der Waals surface area contributed by atoms with Crippen molar-refractivity contribution in [3.8, 4) is 0 Å². The molecule has 0 aliphatic rings. The quantitative estimate of drug-likeness (QED) is 0.808. The molecule has 18 heavy (non-hydrogen) atoms. The summed E-state index contributed by atoms with van der Waals surface area (Å²) in [4.78, 5) is 11.4. The van der Waals surface area contributed by atoms with Gasteiger partial charge < -0.3 is 4.57 Å². The van der Waals surface area contributed by atoms with Gasteiger partial charge in [-0.2, -0.15) is 0 Å². The fourth-order valence-corrected chi connectivity index (χ4v) is 3.15. The van der Waals surface area contributed by atoms with Crippen LogP contribution in [0.3, 0.4) is 0 Å². The fraction of sp³-hybridized carbons (Fsp3) is 0.545. The highest BCUT2D eigenvalue weighted by atomic mass is 35.5. The third-order valence-corrected chi connectivity index (χ3v) is 4.45. The Hall–Kier alpha value is -1.01. The van der Waals surface area contributed by atoms with Crippen LogP contribution in [0.15, 0.2) is 23.1 Å². The van der Waals surface area contributed by atoms with E-state index in [4.69, 9.17) is 11.6 Å². The summed E-state index contributed by atoms with van der Waals surface area (Å²) < 4.78 is 27.5. The Morgan fingerprint density at radius 3 is 2.67 bits per heavy atom. The van der Waals surface area contributed by atoms with Gasteiger partial charge in [-0.05, 0) is 18.9 Å². The zero-order valence-corrected chi connectivity index (χ0v) is 12.0. The van der Waals surface area contributed by atoms with Gasteiger partial charge in [0.15, 0.2) is 0 Å². The first-order valence-corrected chi connectivity index (χ1v) is 7.83. The molecule has 0 amide bonds. The average Bonchev–Trinajstić information content (AvgIpc) is 2.30. The van der Waals surface area contributed by atoms with Crippen molar-refractivity contribution in [1.82, 2.24) is 4.57 Å². The predicted octanol–water partition coefficient (Wildman–Crippen LogP) is 1.48. The molecule has 0 saturated carbocycles. The molecule has 0 bridgehead atoms. The Bertz CT molecular complexity index is 554. The molecule has 0 radical (unpaired) electrons. The molecular formula is C11H17ClN2O3S. The van der Waals surface area contributed by atoms with Crippen molar-refractivity contribution < 1.29 is 8.42 Å². The Morgan fingerprint density at radius 1 is 1.44 bits per heavy atom. The minimum absolute atomic E-state index is 0.0399. The fourth-order valence-electron chi connectivity index (χ4n) is 1.48. The lowest BCUT2D eigenvalue weighted by atomic mass is 10.3. The lowest BCUT2D eigenvalue weighted by Gasteiger charge is -2.12. The molecule has 0 aliphatic heterocycles. The van der Waals surface area contributed by atoms with E-state index in [2.05, 4.69) is 4.72 Å². The number of aromatic nitrogens is 1. The number of nitrogens with zero attached hydrogens (tertiary/aromatic N) is 1. The van der Waals surface area contributed by atoms with E-state index in [0.717, 1.165) is 0 Å². The first-order valence-electron chi connectivity index (χ1n) is 5.65. The van der Waals surface area contributed by atoms with Crippen molar-refractivity contribution in [3.05, 3.63) is 28.7 Å². The van der Waals surface area contributed by atoms with Crippen LogP contribution >= 0.6 is 11.6 Å². The van der Waals surface area contributed by atoms with Crippen LogP contribution in [0, 0.1) is 5.92 Å². The molecule has 1 heterocycles. The number of pyridine rings is 1. The highest BCUT2D eigenvalue weighted by Crippen LogP contribution is 2.10. The molecule has 1 rings (SSSR count). The smallest absolute Gasteiger partial charge is 0.250 e. The van der Waals surface area contributed by atoms with Crippen LogP contribution in [-0.2, 0) is 16.6 Å². The van der Waals surface area contributed by atoms with E-state index < -0.39 is 10.0 Å². The number of aryl methyl sites for hydroxylation is 1. The van der Waals surface area contributed by atoms with E-state index >= 15 is 0 Å². The molecular weight excluding hydrogens is 276 g/mol. The topological polar surface area (TPSA) is 68.2 Å². The largest absolute Gasteiger partial charge is 0.314 e. The highest BCUT2D eigenvalue weighted by Gasteiger charge is 2.15. The molecule has 5 nitrogen and oxygen atoms in total. The molecule has 1 N–H and O–H groups in total. The molecule has 0 fully saturated rings. The molecule has 1 aromatic heterocycles. The first kappa shape index (κ1) is 15.0. The van der Waals surface area contributed by atoms with Crippen molar-refractivity contribution in [2.24, 2.45) is 5.92 Å². The van der Waals surface area contributed by atoms with Gasteiger partial charge in [-0.15, -0.1) is 11.6 Å². The summed E-state index contributed by atoms with van der Waals surface area (Å²) in [7, 11) is -3.43. The Balaban J connectivity index is 2.87. The van der Waals surface area contributed by atoms with Crippen LogP contribution in [0.25, 0.3) is 0 Å². The number of nitrogens with one attached hydrogen (secondary N) is 1. The minimum Gasteiger partial charge on any atom is -0.314 e. The third kappa shape index (κ3) is 4.34. The number of sulfonamides is 1. The second kappa shape index (κ2) is 6.24. The van der Waals surface area contributed by atoms with Gasteiger partial charge in [0.05, 0.1) is 11.4 Å². The Labute approximate surface area is 112 Å². The third-order valence-electron chi connectivity index (χ3n) is 2.36. The molecule has 0 saturated heterocycles. The van der Waals surface area contributed by atoms with E-state index in [0.29, 0.717) is 12.2 Å². The predicted molar refractivity (Wildman–Crippen MR) is 73.7 cm³/mol. The highest BCUT2D eigenvalue weighted by molar-refractivity contribution is 7.92. The molecule has 0 aromatic carbocycles. The summed E-state index contributed by atoms with van der Waals surface area (Å²) in [5.41, 5.74) is 0.229. The molecule has 1 unspecified atom stereocenters. The number of anilines is 1. The molecule has 102 valence electrons. The van der Waals surface area contributed by atoms with Crippen LogP contribution < -0.4 is 10.3 Å². The summed E-state index contributed by atoms with van der Waals surface area (Å²) in [6, 6.07) is 2.80. The van der Waals surface area contributed by atoms with Gasteiger partial charge in [-0.3, -0.25) is 9.52 Å². The molecule has 1 aromatic rings. The molecule has 0 aliphatic carbocycles. The van der Waals surface area contributed by atoms with Crippen molar-refractivity contribution in [2.45, 2.75) is 20.4 Å². The van der Waals surface area contributed by atoms with Crippen molar-refractivity contribution in [3.63, 3.8) is 0 Å². The molecule has 0 spiro atoms. The zero-order valence-electron chi connectivity index (χ0n) is 10.4. The summed E-state index contributed by atoms with van der Waals surface area (Å²) >= 11 is 5.59. The number of hydrogen-bond acceptors (Lipinski definition) is 3. The second-order valence-corrected chi connectivity index (χ2v) is 6.26.